The van der Waals surface area contributed by atoms with E-state index < -0.39 is 0 Å². The third kappa shape index (κ3) is 3.49. The molecular weight excluding hydrogens is 282 g/mol. The smallest absolute Gasteiger partial charge is 0.186 e. The summed E-state index contributed by atoms with van der Waals surface area (Å²) in [5, 5.41) is 0. The number of benzene rings is 1. The number of nitrogens with zero attached hydrogens (tertiary/aromatic N) is 1. The molecule has 0 amide bonds. The number of ether oxygens (including phenoxy) is 4. The van der Waals surface area contributed by atoms with E-state index in [-0.39, 0.29) is 0 Å². The molecule has 0 N–H and O–H groups in total. The Kier molecular flexibility index (Phi) is 5.25. The second-order valence-electron chi connectivity index (χ2n) is 4.41. The van der Waals surface area contributed by atoms with Gasteiger partial charge in [-0.1, -0.05) is 6.08 Å². The van der Waals surface area contributed by atoms with Crippen LogP contribution in [0.2, 0.25) is 0 Å². The van der Waals surface area contributed by atoms with Crippen molar-refractivity contribution in [2.75, 3.05) is 28.4 Å². The summed E-state index contributed by atoms with van der Waals surface area (Å²) in [4.78, 5) is 4.30. The van der Waals surface area contributed by atoms with Crippen LogP contribution >= 0.6 is 0 Å². The maximum atomic E-state index is 5.36. The minimum Gasteiger partial charge on any atom is -0.497 e. The lowest BCUT2D eigenvalue weighted by molar-refractivity contribution is 0.352. The van der Waals surface area contributed by atoms with Crippen LogP contribution in [-0.2, 0) is 0 Å². The molecule has 1 aromatic carbocycles. The fourth-order valence-corrected chi connectivity index (χ4v) is 2.03. The molecule has 0 aliphatic rings. The Morgan fingerprint density at radius 2 is 1.50 bits per heavy atom. The Bertz CT molecular complexity index is 645. The van der Waals surface area contributed by atoms with E-state index in [2.05, 4.69) is 4.98 Å². The van der Waals surface area contributed by atoms with Crippen LogP contribution in [0.4, 0.5) is 0 Å². The van der Waals surface area contributed by atoms with Crippen molar-refractivity contribution in [3.05, 3.63) is 41.7 Å². The van der Waals surface area contributed by atoms with Crippen molar-refractivity contribution in [1.82, 2.24) is 4.98 Å². The normalized spacial score (nSPS) is 10.5. The molecule has 0 saturated carbocycles. The predicted octanol–water partition coefficient (Wildman–Crippen LogP) is 3.29. The molecule has 0 bridgehead atoms. The number of methoxy groups -OCH3 is 4. The summed E-state index contributed by atoms with van der Waals surface area (Å²) in [6, 6.07) is 7.39. The van der Waals surface area contributed by atoms with Gasteiger partial charge in [0.15, 0.2) is 11.5 Å². The first-order valence-electron chi connectivity index (χ1n) is 6.70. The van der Waals surface area contributed by atoms with Crippen molar-refractivity contribution in [3.63, 3.8) is 0 Å². The fraction of sp³-hybridized carbons (Fsp3) is 0.235. The molecule has 5 heteroatoms. The average Bonchev–Trinajstić information content (AvgIpc) is 2.58. The SMILES string of the molecule is COc1cc(/C=C/c2nccc(OC)c2OC)cc(OC)c1. The maximum absolute atomic E-state index is 5.36. The lowest BCUT2D eigenvalue weighted by atomic mass is 10.1. The van der Waals surface area contributed by atoms with Crippen LogP contribution in [0.3, 0.4) is 0 Å². The first-order chi connectivity index (χ1) is 10.7. The number of aromatic nitrogens is 1. The van der Waals surface area contributed by atoms with Gasteiger partial charge in [-0.15, -0.1) is 0 Å². The van der Waals surface area contributed by atoms with E-state index in [1.165, 1.54) is 0 Å². The first kappa shape index (κ1) is 15.7. The maximum Gasteiger partial charge on any atom is 0.186 e. The minimum absolute atomic E-state index is 0.594. The molecule has 0 aliphatic heterocycles. The van der Waals surface area contributed by atoms with Crippen molar-refractivity contribution in [2.45, 2.75) is 0 Å². The highest BCUT2D eigenvalue weighted by Gasteiger charge is 2.08. The van der Waals surface area contributed by atoms with E-state index >= 15 is 0 Å². The fourth-order valence-electron chi connectivity index (χ4n) is 2.03. The summed E-state index contributed by atoms with van der Waals surface area (Å²) in [6.45, 7) is 0. The van der Waals surface area contributed by atoms with Crippen molar-refractivity contribution in [1.29, 1.82) is 0 Å². The van der Waals surface area contributed by atoms with Crippen molar-refractivity contribution in [2.24, 2.45) is 0 Å². The summed E-state index contributed by atoms with van der Waals surface area (Å²) in [7, 11) is 6.42. The standard InChI is InChI=1S/C17H19NO4/c1-19-13-9-12(10-14(11-13)20-2)5-6-15-17(22-4)16(21-3)7-8-18-15/h5-11H,1-4H3/b6-5+. The molecule has 0 saturated heterocycles. The third-order valence-corrected chi connectivity index (χ3v) is 3.13. The zero-order valence-electron chi connectivity index (χ0n) is 13.1. The Morgan fingerprint density at radius 3 is 2.05 bits per heavy atom. The molecule has 2 aromatic rings. The van der Waals surface area contributed by atoms with Gasteiger partial charge in [-0.25, -0.2) is 0 Å². The van der Waals surface area contributed by atoms with Gasteiger partial charge in [-0.3, -0.25) is 4.98 Å². The monoisotopic (exact) mass is 301 g/mol. The van der Waals surface area contributed by atoms with Gasteiger partial charge in [0.05, 0.1) is 28.4 Å². The van der Waals surface area contributed by atoms with Gasteiger partial charge < -0.3 is 18.9 Å². The number of pyridine rings is 1. The molecule has 0 spiro atoms. The summed E-state index contributed by atoms with van der Waals surface area (Å²) in [6.07, 6.45) is 5.44. The molecule has 22 heavy (non-hydrogen) atoms. The molecule has 0 aliphatic carbocycles. The highest BCUT2D eigenvalue weighted by molar-refractivity contribution is 5.73. The van der Waals surface area contributed by atoms with Gasteiger partial charge in [-0.05, 0) is 23.8 Å². The third-order valence-electron chi connectivity index (χ3n) is 3.13. The van der Waals surface area contributed by atoms with E-state index in [1.54, 1.807) is 40.7 Å². The van der Waals surface area contributed by atoms with Crippen LogP contribution < -0.4 is 18.9 Å². The summed E-state index contributed by atoms with van der Waals surface area (Å²) < 4.78 is 21.1. The lowest BCUT2D eigenvalue weighted by Gasteiger charge is -2.09. The summed E-state index contributed by atoms with van der Waals surface area (Å²) in [5.41, 5.74) is 1.62. The van der Waals surface area contributed by atoms with Crippen LogP contribution in [0.15, 0.2) is 30.5 Å². The minimum atomic E-state index is 0.594. The number of rotatable bonds is 6. The molecule has 0 radical (unpaired) electrons. The van der Waals surface area contributed by atoms with Crippen LogP contribution in [-0.4, -0.2) is 33.4 Å². The van der Waals surface area contributed by atoms with E-state index in [4.69, 9.17) is 18.9 Å². The van der Waals surface area contributed by atoms with Crippen molar-refractivity contribution < 1.29 is 18.9 Å². The zero-order valence-corrected chi connectivity index (χ0v) is 13.1. The zero-order chi connectivity index (χ0) is 15.9. The Morgan fingerprint density at radius 1 is 0.818 bits per heavy atom. The molecule has 116 valence electrons. The van der Waals surface area contributed by atoms with Crippen molar-refractivity contribution >= 4 is 12.2 Å². The Balaban J connectivity index is 2.36. The molecular formula is C17H19NO4. The molecule has 1 heterocycles. The van der Waals surface area contributed by atoms with Crippen LogP contribution in [0.5, 0.6) is 23.0 Å². The van der Waals surface area contributed by atoms with E-state index in [0.29, 0.717) is 17.2 Å². The van der Waals surface area contributed by atoms with Gasteiger partial charge >= 0.3 is 0 Å². The second kappa shape index (κ2) is 7.36. The van der Waals surface area contributed by atoms with E-state index in [0.717, 1.165) is 17.1 Å². The van der Waals surface area contributed by atoms with Gasteiger partial charge in [0.2, 0.25) is 0 Å². The average molecular weight is 301 g/mol. The highest BCUT2D eigenvalue weighted by Crippen LogP contribution is 2.30. The molecule has 0 unspecified atom stereocenters. The van der Waals surface area contributed by atoms with Gasteiger partial charge in [0, 0.05) is 18.3 Å². The van der Waals surface area contributed by atoms with Crippen LogP contribution in [0.1, 0.15) is 11.3 Å². The van der Waals surface area contributed by atoms with E-state index in [1.807, 2.05) is 30.4 Å². The number of hydrogen-bond donors (Lipinski definition) is 0. The van der Waals surface area contributed by atoms with Crippen LogP contribution in [0, 0.1) is 0 Å². The predicted molar refractivity (Wildman–Crippen MR) is 85.8 cm³/mol. The molecule has 5 nitrogen and oxygen atoms in total. The Labute approximate surface area is 130 Å². The van der Waals surface area contributed by atoms with Crippen LogP contribution in [0.25, 0.3) is 12.2 Å². The van der Waals surface area contributed by atoms with Gasteiger partial charge in [-0.2, -0.15) is 0 Å². The lowest BCUT2D eigenvalue weighted by Crippen LogP contribution is -1.94. The number of hydrogen-bond acceptors (Lipinski definition) is 5. The Hall–Kier alpha value is -2.69. The largest absolute Gasteiger partial charge is 0.497 e. The van der Waals surface area contributed by atoms with Gasteiger partial charge in [0.25, 0.3) is 0 Å². The molecule has 2 rings (SSSR count). The summed E-state index contributed by atoms with van der Waals surface area (Å²) in [5.74, 6) is 2.69. The molecule has 0 fully saturated rings. The van der Waals surface area contributed by atoms with E-state index in [9.17, 15) is 0 Å². The molecule has 1 aromatic heterocycles. The quantitative estimate of drug-likeness (QED) is 0.819. The topological polar surface area (TPSA) is 49.8 Å². The van der Waals surface area contributed by atoms with Crippen molar-refractivity contribution in [3.8, 4) is 23.0 Å². The highest BCUT2D eigenvalue weighted by atomic mass is 16.5. The second-order valence-corrected chi connectivity index (χ2v) is 4.41. The van der Waals surface area contributed by atoms with Gasteiger partial charge in [0.1, 0.15) is 17.2 Å². The summed E-state index contributed by atoms with van der Waals surface area (Å²) >= 11 is 0. The molecule has 0 atom stereocenters. The first-order valence-corrected chi connectivity index (χ1v) is 6.70.